The molecule has 0 rings (SSSR count). The minimum Gasteiger partial charge on any atom is -0.392 e. The van der Waals surface area contributed by atoms with Gasteiger partial charge in [-0.3, -0.25) is 0 Å². The largest absolute Gasteiger partial charge is 0.392 e. The number of aliphatic hydroxyl groups excluding tert-OH is 1. The van der Waals surface area contributed by atoms with E-state index in [0.29, 0.717) is 32.3 Å². The van der Waals surface area contributed by atoms with E-state index in [-0.39, 0.29) is 6.10 Å². The van der Waals surface area contributed by atoms with Crippen molar-refractivity contribution in [2.45, 2.75) is 20.0 Å². The molecule has 14 heavy (non-hydrogen) atoms. The van der Waals surface area contributed by atoms with Crippen molar-refractivity contribution >= 4 is 0 Å². The highest BCUT2D eigenvalue weighted by Gasteiger charge is 2.07. The van der Waals surface area contributed by atoms with Gasteiger partial charge in [-0.1, -0.05) is 13.8 Å². The number of rotatable bonds is 9. The van der Waals surface area contributed by atoms with Gasteiger partial charge in [0.25, 0.3) is 0 Å². The molecular formula is C10H23NO3. The molecule has 0 aliphatic heterocycles. The molecule has 4 nitrogen and oxygen atoms in total. The quantitative estimate of drug-likeness (QED) is 0.530. The van der Waals surface area contributed by atoms with E-state index >= 15 is 0 Å². The standard InChI is InChI=1S/C10H23NO3/c1-9(2)10(12)8-11-4-5-14-7-6-13-3/h9-12H,4-8H2,1-3H3. The zero-order chi connectivity index (χ0) is 10.8. The van der Waals surface area contributed by atoms with Crippen molar-refractivity contribution in [3.05, 3.63) is 0 Å². The maximum atomic E-state index is 9.44. The molecule has 0 aromatic heterocycles. The van der Waals surface area contributed by atoms with Gasteiger partial charge in [-0.05, 0) is 5.92 Å². The van der Waals surface area contributed by atoms with Crippen molar-refractivity contribution in [3.8, 4) is 0 Å². The average molecular weight is 205 g/mol. The predicted molar refractivity (Wildman–Crippen MR) is 56.4 cm³/mol. The van der Waals surface area contributed by atoms with Crippen molar-refractivity contribution in [1.29, 1.82) is 0 Å². The molecule has 0 aliphatic rings. The molecule has 4 heteroatoms. The van der Waals surface area contributed by atoms with E-state index in [2.05, 4.69) is 5.32 Å². The Morgan fingerprint density at radius 3 is 2.50 bits per heavy atom. The fourth-order valence-corrected chi connectivity index (χ4v) is 0.874. The van der Waals surface area contributed by atoms with E-state index in [1.165, 1.54) is 0 Å². The Labute approximate surface area is 86.6 Å². The third-order valence-corrected chi connectivity index (χ3v) is 1.98. The second-order valence-electron chi connectivity index (χ2n) is 3.62. The van der Waals surface area contributed by atoms with E-state index in [4.69, 9.17) is 9.47 Å². The lowest BCUT2D eigenvalue weighted by atomic mass is 10.1. The van der Waals surface area contributed by atoms with E-state index in [1.54, 1.807) is 7.11 Å². The molecular weight excluding hydrogens is 182 g/mol. The van der Waals surface area contributed by atoms with Crippen LogP contribution in [0.15, 0.2) is 0 Å². The molecule has 0 fully saturated rings. The van der Waals surface area contributed by atoms with E-state index in [0.717, 1.165) is 6.54 Å². The van der Waals surface area contributed by atoms with Crippen LogP contribution in [0.25, 0.3) is 0 Å². The van der Waals surface area contributed by atoms with Crippen molar-refractivity contribution in [2.75, 3.05) is 40.0 Å². The Morgan fingerprint density at radius 1 is 1.21 bits per heavy atom. The molecule has 1 atom stereocenters. The van der Waals surface area contributed by atoms with Gasteiger partial charge in [-0.2, -0.15) is 0 Å². The van der Waals surface area contributed by atoms with Crippen LogP contribution in [0.5, 0.6) is 0 Å². The summed E-state index contributed by atoms with van der Waals surface area (Å²) < 4.78 is 10.1. The molecule has 0 aromatic rings. The normalized spacial score (nSPS) is 13.5. The summed E-state index contributed by atoms with van der Waals surface area (Å²) in [4.78, 5) is 0. The summed E-state index contributed by atoms with van der Waals surface area (Å²) in [5.41, 5.74) is 0. The van der Waals surface area contributed by atoms with E-state index < -0.39 is 0 Å². The number of hydrogen-bond donors (Lipinski definition) is 2. The van der Waals surface area contributed by atoms with Crippen LogP contribution < -0.4 is 5.32 Å². The Bertz CT molecular complexity index is 120. The van der Waals surface area contributed by atoms with Gasteiger partial charge < -0.3 is 19.9 Å². The molecule has 0 spiro atoms. The van der Waals surface area contributed by atoms with Gasteiger partial charge in [0.15, 0.2) is 0 Å². The molecule has 0 radical (unpaired) electrons. The summed E-state index contributed by atoms with van der Waals surface area (Å²) in [7, 11) is 1.65. The first kappa shape index (κ1) is 13.8. The van der Waals surface area contributed by atoms with Gasteiger partial charge in [0.2, 0.25) is 0 Å². The summed E-state index contributed by atoms with van der Waals surface area (Å²) in [6.45, 7) is 7.33. The van der Waals surface area contributed by atoms with Gasteiger partial charge in [0.1, 0.15) is 0 Å². The molecule has 0 saturated heterocycles. The van der Waals surface area contributed by atoms with Crippen LogP contribution >= 0.6 is 0 Å². The Morgan fingerprint density at radius 2 is 1.93 bits per heavy atom. The minimum atomic E-state index is -0.269. The smallest absolute Gasteiger partial charge is 0.0700 e. The molecule has 0 bridgehead atoms. The number of methoxy groups -OCH3 is 1. The summed E-state index contributed by atoms with van der Waals surface area (Å²) in [6.07, 6.45) is -0.269. The van der Waals surface area contributed by atoms with Crippen LogP contribution in [-0.4, -0.2) is 51.2 Å². The second kappa shape index (κ2) is 9.40. The topological polar surface area (TPSA) is 50.7 Å². The second-order valence-corrected chi connectivity index (χ2v) is 3.62. The van der Waals surface area contributed by atoms with Crippen LogP contribution in [0.3, 0.4) is 0 Å². The fourth-order valence-electron chi connectivity index (χ4n) is 0.874. The van der Waals surface area contributed by atoms with Crippen LogP contribution in [0.4, 0.5) is 0 Å². The summed E-state index contributed by atoms with van der Waals surface area (Å²) in [6, 6.07) is 0. The lowest BCUT2D eigenvalue weighted by molar-refractivity contribution is 0.0686. The zero-order valence-electron chi connectivity index (χ0n) is 9.45. The summed E-state index contributed by atoms with van der Waals surface area (Å²) in [5, 5.41) is 12.6. The summed E-state index contributed by atoms with van der Waals surface area (Å²) >= 11 is 0. The summed E-state index contributed by atoms with van der Waals surface area (Å²) in [5.74, 6) is 0.303. The van der Waals surface area contributed by atoms with Crippen LogP contribution in [0.2, 0.25) is 0 Å². The highest BCUT2D eigenvalue weighted by molar-refractivity contribution is 4.62. The number of ether oxygens (including phenoxy) is 2. The predicted octanol–water partition coefficient (Wildman–Crippen LogP) is 0.256. The van der Waals surface area contributed by atoms with Crippen molar-refractivity contribution in [3.63, 3.8) is 0 Å². The highest BCUT2D eigenvalue weighted by atomic mass is 16.5. The molecule has 0 amide bonds. The first-order valence-electron chi connectivity index (χ1n) is 5.14. The third-order valence-electron chi connectivity index (χ3n) is 1.98. The zero-order valence-corrected chi connectivity index (χ0v) is 9.45. The van der Waals surface area contributed by atoms with Gasteiger partial charge in [0, 0.05) is 20.2 Å². The average Bonchev–Trinajstić information content (AvgIpc) is 2.16. The third kappa shape index (κ3) is 8.44. The van der Waals surface area contributed by atoms with E-state index in [1.807, 2.05) is 13.8 Å². The molecule has 86 valence electrons. The van der Waals surface area contributed by atoms with Crippen LogP contribution in [0.1, 0.15) is 13.8 Å². The molecule has 2 N–H and O–H groups in total. The minimum absolute atomic E-state index is 0.269. The van der Waals surface area contributed by atoms with Gasteiger partial charge in [0.05, 0.1) is 25.9 Å². The highest BCUT2D eigenvalue weighted by Crippen LogP contribution is 1.98. The van der Waals surface area contributed by atoms with Crippen molar-refractivity contribution in [1.82, 2.24) is 5.32 Å². The first-order valence-corrected chi connectivity index (χ1v) is 5.14. The van der Waals surface area contributed by atoms with Crippen LogP contribution in [0, 0.1) is 5.92 Å². The molecule has 0 aliphatic carbocycles. The maximum absolute atomic E-state index is 9.44. The molecule has 1 unspecified atom stereocenters. The Kier molecular flexibility index (Phi) is 9.29. The number of hydrogen-bond acceptors (Lipinski definition) is 4. The van der Waals surface area contributed by atoms with Crippen molar-refractivity contribution in [2.24, 2.45) is 5.92 Å². The molecule has 0 heterocycles. The molecule has 0 aromatic carbocycles. The maximum Gasteiger partial charge on any atom is 0.0700 e. The first-order chi connectivity index (χ1) is 6.68. The monoisotopic (exact) mass is 205 g/mol. The van der Waals surface area contributed by atoms with Gasteiger partial charge >= 0.3 is 0 Å². The lowest BCUT2D eigenvalue weighted by Gasteiger charge is -2.14. The van der Waals surface area contributed by atoms with Gasteiger partial charge in [-0.15, -0.1) is 0 Å². The number of aliphatic hydroxyl groups is 1. The van der Waals surface area contributed by atoms with Gasteiger partial charge in [-0.25, -0.2) is 0 Å². The van der Waals surface area contributed by atoms with Crippen LogP contribution in [-0.2, 0) is 9.47 Å². The number of nitrogens with one attached hydrogen (secondary N) is 1. The van der Waals surface area contributed by atoms with E-state index in [9.17, 15) is 5.11 Å². The fraction of sp³-hybridized carbons (Fsp3) is 1.00. The Hall–Kier alpha value is -0.160. The Balaban J connectivity index is 3.06. The SMILES string of the molecule is COCCOCCNCC(O)C(C)C. The lowest BCUT2D eigenvalue weighted by Crippen LogP contribution is -2.32. The molecule has 0 saturated carbocycles. The van der Waals surface area contributed by atoms with Crippen molar-refractivity contribution < 1.29 is 14.6 Å².